The van der Waals surface area contributed by atoms with Crippen LogP contribution in [-0.4, -0.2) is 10.2 Å². The average Bonchev–Trinajstić information content (AvgIpc) is 2.15. The van der Waals surface area contributed by atoms with Crippen LogP contribution >= 0.6 is 11.6 Å². The van der Waals surface area contributed by atoms with Gasteiger partial charge in [-0.15, -0.1) is 0 Å². The van der Waals surface area contributed by atoms with Gasteiger partial charge in [-0.1, -0.05) is 18.5 Å². The number of hydrogen-bond donors (Lipinski definition) is 2. The molecule has 0 aliphatic carbocycles. The first-order chi connectivity index (χ1) is 4.25. The molecular formula is C5H8ClN3. The topological polar surface area (TPSA) is 54.7 Å². The first kappa shape index (κ1) is 6.42. The van der Waals surface area contributed by atoms with Crippen molar-refractivity contribution in [2.75, 3.05) is 5.73 Å². The molecule has 0 atom stereocenters. The van der Waals surface area contributed by atoms with Crippen LogP contribution < -0.4 is 5.73 Å². The van der Waals surface area contributed by atoms with Gasteiger partial charge >= 0.3 is 0 Å². The molecule has 1 aromatic rings. The van der Waals surface area contributed by atoms with E-state index >= 15 is 0 Å². The quantitative estimate of drug-likeness (QED) is 0.624. The summed E-state index contributed by atoms with van der Waals surface area (Å²) in [5, 5.41) is 6.98. The van der Waals surface area contributed by atoms with Gasteiger partial charge in [0.25, 0.3) is 0 Å². The van der Waals surface area contributed by atoms with Gasteiger partial charge in [0.15, 0.2) is 5.82 Å². The Bertz CT molecular complexity index is 206. The molecule has 1 rings (SSSR count). The molecule has 3 N–H and O–H groups in total. The van der Waals surface area contributed by atoms with Crippen molar-refractivity contribution in [2.24, 2.45) is 0 Å². The third kappa shape index (κ3) is 1.00. The number of aromatic nitrogens is 2. The van der Waals surface area contributed by atoms with Crippen molar-refractivity contribution >= 4 is 17.4 Å². The molecule has 0 aliphatic rings. The van der Waals surface area contributed by atoms with Gasteiger partial charge in [0, 0.05) is 0 Å². The molecule has 0 radical (unpaired) electrons. The Kier molecular flexibility index (Phi) is 1.62. The number of aryl methyl sites for hydroxylation is 1. The van der Waals surface area contributed by atoms with E-state index in [-0.39, 0.29) is 0 Å². The summed E-state index contributed by atoms with van der Waals surface area (Å²) in [5.41, 5.74) is 6.24. The molecule has 0 unspecified atom stereocenters. The monoisotopic (exact) mass is 145 g/mol. The van der Waals surface area contributed by atoms with Crippen LogP contribution in [-0.2, 0) is 6.42 Å². The summed E-state index contributed by atoms with van der Waals surface area (Å²) in [6.45, 7) is 1.98. The smallest absolute Gasteiger partial charge is 0.164 e. The van der Waals surface area contributed by atoms with E-state index < -0.39 is 0 Å². The van der Waals surface area contributed by atoms with Crippen molar-refractivity contribution in [2.45, 2.75) is 13.3 Å². The molecule has 0 saturated heterocycles. The SMILES string of the molecule is CCc1[nH]nc(N)c1Cl. The minimum Gasteiger partial charge on any atom is -0.381 e. The highest BCUT2D eigenvalue weighted by molar-refractivity contribution is 6.33. The molecule has 1 heterocycles. The molecule has 4 heteroatoms. The second-order valence-electron chi connectivity index (χ2n) is 1.75. The number of anilines is 1. The molecule has 1 aromatic heterocycles. The van der Waals surface area contributed by atoms with Gasteiger partial charge in [0.2, 0.25) is 0 Å². The third-order valence-corrected chi connectivity index (χ3v) is 1.58. The van der Waals surface area contributed by atoms with E-state index in [2.05, 4.69) is 10.2 Å². The summed E-state index contributed by atoms with van der Waals surface area (Å²) >= 11 is 5.69. The highest BCUT2D eigenvalue weighted by Crippen LogP contribution is 2.19. The molecule has 50 valence electrons. The van der Waals surface area contributed by atoms with Crippen molar-refractivity contribution in [1.82, 2.24) is 10.2 Å². The van der Waals surface area contributed by atoms with E-state index in [1.54, 1.807) is 0 Å². The Morgan fingerprint density at radius 1 is 1.78 bits per heavy atom. The number of halogens is 1. The van der Waals surface area contributed by atoms with Crippen molar-refractivity contribution in [1.29, 1.82) is 0 Å². The molecule has 9 heavy (non-hydrogen) atoms. The van der Waals surface area contributed by atoms with Crippen molar-refractivity contribution in [3.8, 4) is 0 Å². The zero-order chi connectivity index (χ0) is 6.85. The molecule has 0 fully saturated rings. The van der Waals surface area contributed by atoms with E-state index in [0.29, 0.717) is 10.8 Å². The van der Waals surface area contributed by atoms with Crippen LogP contribution in [0.5, 0.6) is 0 Å². The standard InChI is InChI=1S/C5H8ClN3/c1-2-3-4(6)5(7)9-8-3/h2H2,1H3,(H3,7,8,9). The van der Waals surface area contributed by atoms with Gasteiger partial charge in [0.1, 0.15) is 5.02 Å². The molecular weight excluding hydrogens is 138 g/mol. The summed E-state index contributed by atoms with van der Waals surface area (Å²) in [6, 6.07) is 0. The zero-order valence-electron chi connectivity index (χ0n) is 5.11. The Morgan fingerprint density at radius 3 is 2.67 bits per heavy atom. The number of rotatable bonds is 1. The number of nitrogen functional groups attached to an aromatic ring is 1. The van der Waals surface area contributed by atoms with Crippen LogP contribution in [0.1, 0.15) is 12.6 Å². The number of hydrogen-bond acceptors (Lipinski definition) is 2. The maximum atomic E-state index is 5.69. The zero-order valence-corrected chi connectivity index (χ0v) is 5.87. The number of nitrogens with one attached hydrogen (secondary N) is 1. The Morgan fingerprint density at radius 2 is 2.44 bits per heavy atom. The predicted octanol–water partition coefficient (Wildman–Crippen LogP) is 1.21. The molecule has 0 saturated carbocycles. The normalized spacial score (nSPS) is 10.0. The summed E-state index contributed by atoms with van der Waals surface area (Å²) in [4.78, 5) is 0. The molecule has 0 bridgehead atoms. The lowest BCUT2D eigenvalue weighted by Crippen LogP contribution is -1.83. The van der Waals surface area contributed by atoms with E-state index in [0.717, 1.165) is 12.1 Å². The number of aromatic amines is 1. The molecule has 0 aliphatic heterocycles. The van der Waals surface area contributed by atoms with Gasteiger partial charge in [-0.05, 0) is 6.42 Å². The lowest BCUT2D eigenvalue weighted by molar-refractivity contribution is 0.977. The number of H-pyrrole nitrogens is 1. The fraction of sp³-hybridized carbons (Fsp3) is 0.400. The first-order valence-electron chi connectivity index (χ1n) is 2.74. The molecule has 0 spiro atoms. The minimum absolute atomic E-state index is 0.383. The maximum Gasteiger partial charge on any atom is 0.164 e. The maximum absolute atomic E-state index is 5.69. The van der Waals surface area contributed by atoms with Crippen molar-refractivity contribution < 1.29 is 0 Å². The summed E-state index contributed by atoms with van der Waals surface area (Å²) < 4.78 is 0. The first-order valence-corrected chi connectivity index (χ1v) is 3.11. The van der Waals surface area contributed by atoms with Gasteiger partial charge in [0.05, 0.1) is 5.69 Å². The minimum atomic E-state index is 0.383. The number of nitrogens with two attached hydrogens (primary N) is 1. The van der Waals surface area contributed by atoms with Crippen molar-refractivity contribution in [3.05, 3.63) is 10.7 Å². The van der Waals surface area contributed by atoms with Crippen LogP contribution in [0.4, 0.5) is 5.82 Å². The number of nitrogens with zero attached hydrogens (tertiary/aromatic N) is 1. The second-order valence-corrected chi connectivity index (χ2v) is 2.13. The fourth-order valence-electron chi connectivity index (χ4n) is 0.615. The summed E-state index contributed by atoms with van der Waals surface area (Å²) in [7, 11) is 0. The van der Waals surface area contributed by atoms with Crippen LogP contribution in [0, 0.1) is 0 Å². The molecule has 3 nitrogen and oxygen atoms in total. The second kappa shape index (κ2) is 2.27. The third-order valence-electron chi connectivity index (χ3n) is 1.15. The van der Waals surface area contributed by atoms with E-state index in [4.69, 9.17) is 17.3 Å². The largest absolute Gasteiger partial charge is 0.381 e. The molecule has 0 amide bonds. The highest BCUT2D eigenvalue weighted by Gasteiger charge is 2.03. The Hall–Kier alpha value is -0.700. The van der Waals surface area contributed by atoms with Gasteiger partial charge < -0.3 is 5.73 Å². The summed E-state index contributed by atoms with van der Waals surface area (Å²) in [6.07, 6.45) is 0.836. The Balaban J connectivity index is 3.04. The van der Waals surface area contributed by atoms with Gasteiger partial charge in [-0.2, -0.15) is 5.10 Å². The van der Waals surface area contributed by atoms with Gasteiger partial charge in [-0.25, -0.2) is 0 Å². The lowest BCUT2D eigenvalue weighted by atomic mass is 10.3. The summed E-state index contributed by atoms with van der Waals surface area (Å²) in [5.74, 6) is 0.383. The average molecular weight is 146 g/mol. The van der Waals surface area contributed by atoms with Crippen LogP contribution in [0.15, 0.2) is 0 Å². The van der Waals surface area contributed by atoms with Crippen LogP contribution in [0.25, 0.3) is 0 Å². The lowest BCUT2D eigenvalue weighted by Gasteiger charge is -1.86. The van der Waals surface area contributed by atoms with E-state index in [9.17, 15) is 0 Å². The van der Waals surface area contributed by atoms with Crippen molar-refractivity contribution in [3.63, 3.8) is 0 Å². The van der Waals surface area contributed by atoms with Crippen LogP contribution in [0.3, 0.4) is 0 Å². The van der Waals surface area contributed by atoms with E-state index in [1.165, 1.54) is 0 Å². The Labute approximate surface area is 58.2 Å². The molecule has 0 aromatic carbocycles. The van der Waals surface area contributed by atoms with Crippen LogP contribution in [0.2, 0.25) is 5.02 Å². The fourth-order valence-corrected chi connectivity index (χ4v) is 0.833. The highest BCUT2D eigenvalue weighted by atomic mass is 35.5. The predicted molar refractivity (Wildman–Crippen MR) is 37.4 cm³/mol. The van der Waals surface area contributed by atoms with Gasteiger partial charge in [-0.3, -0.25) is 5.10 Å². The van der Waals surface area contributed by atoms with E-state index in [1.807, 2.05) is 6.92 Å².